The summed E-state index contributed by atoms with van der Waals surface area (Å²) in [6, 6.07) is 10.6. The van der Waals surface area contributed by atoms with Crippen LogP contribution in [0.1, 0.15) is 18.1 Å². The highest BCUT2D eigenvalue weighted by atomic mass is 16.2. The van der Waals surface area contributed by atoms with Gasteiger partial charge in [0.25, 0.3) is 0 Å². The number of rotatable bonds is 2. The van der Waals surface area contributed by atoms with E-state index in [0.717, 1.165) is 39.0 Å². The summed E-state index contributed by atoms with van der Waals surface area (Å²) in [5.41, 5.74) is 2.65. The van der Waals surface area contributed by atoms with Crippen molar-refractivity contribution in [2.24, 2.45) is 5.92 Å². The van der Waals surface area contributed by atoms with Crippen molar-refractivity contribution < 1.29 is 4.79 Å². The minimum Gasteiger partial charge on any atom is -0.340 e. The Morgan fingerprint density at radius 2 is 1.76 bits per heavy atom. The van der Waals surface area contributed by atoms with Crippen molar-refractivity contribution in [3.63, 3.8) is 0 Å². The topological polar surface area (TPSA) is 47.3 Å². The first kappa shape index (κ1) is 14.1. The molecule has 21 heavy (non-hydrogen) atoms. The molecule has 1 heterocycles. The van der Waals surface area contributed by atoms with Crippen molar-refractivity contribution in [1.29, 1.82) is 5.26 Å². The van der Waals surface area contributed by atoms with Gasteiger partial charge in [0, 0.05) is 32.1 Å². The zero-order chi connectivity index (χ0) is 14.8. The van der Waals surface area contributed by atoms with Gasteiger partial charge in [-0.05, 0) is 30.9 Å². The van der Waals surface area contributed by atoms with Gasteiger partial charge in [-0.25, -0.2) is 0 Å². The molecule has 1 aliphatic heterocycles. The van der Waals surface area contributed by atoms with Gasteiger partial charge >= 0.3 is 0 Å². The Bertz CT molecular complexity index is 545. The number of nitriles is 1. The van der Waals surface area contributed by atoms with Crippen LogP contribution in [0.5, 0.6) is 0 Å². The predicted molar refractivity (Wildman–Crippen MR) is 80.6 cm³/mol. The molecule has 0 saturated carbocycles. The van der Waals surface area contributed by atoms with Crippen molar-refractivity contribution in [2.45, 2.75) is 25.8 Å². The van der Waals surface area contributed by atoms with E-state index in [1.807, 2.05) is 24.0 Å². The summed E-state index contributed by atoms with van der Waals surface area (Å²) in [5.74, 6) is 0.401. The number of carbonyl (C=O) groups excluding carboxylic acids is 1. The second-order valence-corrected chi connectivity index (χ2v) is 6.04. The van der Waals surface area contributed by atoms with E-state index in [-0.39, 0.29) is 17.9 Å². The Kier molecular flexibility index (Phi) is 3.94. The molecule has 1 aromatic rings. The lowest BCUT2D eigenvalue weighted by Crippen LogP contribution is -2.52. The number of hydrogen-bond donors (Lipinski definition) is 0. The number of benzene rings is 1. The average Bonchev–Trinajstić information content (AvgIpc) is 2.97. The number of amides is 1. The third-order valence-electron chi connectivity index (χ3n) is 4.76. The minimum atomic E-state index is -0.0574. The lowest BCUT2D eigenvalue weighted by atomic mass is 10.0. The van der Waals surface area contributed by atoms with E-state index in [9.17, 15) is 4.79 Å². The normalized spacial score (nSPS) is 20.9. The maximum absolute atomic E-state index is 12.7. The highest BCUT2D eigenvalue weighted by Crippen LogP contribution is 2.28. The van der Waals surface area contributed by atoms with Crippen LogP contribution in [0.4, 0.5) is 0 Å². The van der Waals surface area contributed by atoms with E-state index in [1.165, 1.54) is 11.1 Å². The molecule has 1 aromatic carbocycles. The highest BCUT2D eigenvalue weighted by molar-refractivity contribution is 5.80. The first-order chi connectivity index (χ1) is 10.2. The third-order valence-corrected chi connectivity index (χ3v) is 4.76. The standard InChI is InChI=1S/C17H21N3O/c1-13(12-18)19-6-8-20(9-7-19)17(21)16-10-14-4-2-3-5-15(14)11-16/h2-5,13,16H,6-11H2,1H3. The summed E-state index contributed by atoms with van der Waals surface area (Å²) in [4.78, 5) is 16.8. The molecule has 0 radical (unpaired) electrons. The summed E-state index contributed by atoms with van der Waals surface area (Å²) in [5, 5.41) is 8.96. The molecule has 3 rings (SSSR count). The van der Waals surface area contributed by atoms with Gasteiger partial charge in [-0.3, -0.25) is 9.69 Å². The lowest BCUT2D eigenvalue weighted by molar-refractivity contribution is -0.137. The van der Waals surface area contributed by atoms with E-state index in [2.05, 4.69) is 23.1 Å². The summed E-state index contributed by atoms with van der Waals surface area (Å²) in [6.45, 7) is 5.03. The molecule has 1 unspecified atom stereocenters. The van der Waals surface area contributed by atoms with Crippen molar-refractivity contribution >= 4 is 5.91 Å². The molecule has 0 aromatic heterocycles. The van der Waals surface area contributed by atoms with Crippen LogP contribution in [-0.2, 0) is 17.6 Å². The van der Waals surface area contributed by atoms with Gasteiger partial charge in [0.2, 0.25) is 5.91 Å². The monoisotopic (exact) mass is 283 g/mol. The molecule has 0 N–H and O–H groups in total. The van der Waals surface area contributed by atoms with E-state index < -0.39 is 0 Å². The van der Waals surface area contributed by atoms with Crippen LogP contribution >= 0.6 is 0 Å². The van der Waals surface area contributed by atoms with Gasteiger partial charge in [-0.15, -0.1) is 0 Å². The molecule has 110 valence electrons. The molecule has 1 atom stereocenters. The molecule has 1 aliphatic carbocycles. The Labute approximate surface area is 126 Å². The van der Waals surface area contributed by atoms with Crippen molar-refractivity contribution in [3.05, 3.63) is 35.4 Å². The molecular weight excluding hydrogens is 262 g/mol. The maximum Gasteiger partial charge on any atom is 0.226 e. The molecule has 2 aliphatic rings. The van der Waals surface area contributed by atoms with Gasteiger partial charge in [-0.1, -0.05) is 24.3 Å². The average molecular weight is 283 g/mol. The number of carbonyl (C=O) groups is 1. The first-order valence-corrected chi connectivity index (χ1v) is 7.68. The Balaban J connectivity index is 1.58. The Morgan fingerprint density at radius 1 is 1.19 bits per heavy atom. The van der Waals surface area contributed by atoms with E-state index in [4.69, 9.17) is 5.26 Å². The molecule has 0 spiro atoms. The van der Waals surface area contributed by atoms with E-state index in [0.29, 0.717) is 0 Å². The molecule has 0 bridgehead atoms. The molecule has 1 fully saturated rings. The van der Waals surface area contributed by atoms with E-state index >= 15 is 0 Å². The third kappa shape index (κ3) is 2.79. The van der Waals surface area contributed by atoms with Crippen molar-refractivity contribution in [1.82, 2.24) is 9.80 Å². The van der Waals surface area contributed by atoms with Crippen molar-refractivity contribution in [3.8, 4) is 6.07 Å². The number of fused-ring (bicyclic) bond motifs is 1. The first-order valence-electron chi connectivity index (χ1n) is 7.68. The minimum absolute atomic E-state index is 0.0574. The van der Waals surface area contributed by atoms with Gasteiger partial charge in [0.15, 0.2) is 0 Å². The van der Waals surface area contributed by atoms with Gasteiger partial charge in [-0.2, -0.15) is 5.26 Å². The largest absolute Gasteiger partial charge is 0.340 e. The van der Waals surface area contributed by atoms with Crippen LogP contribution in [0.15, 0.2) is 24.3 Å². The fourth-order valence-corrected chi connectivity index (χ4v) is 3.40. The second kappa shape index (κ2) is 5.87. The molecule has 1 amide bonds. The van der Waals surface area contributed by atoms with Gasteiger partial charge < -0.3 is 4.90 Å². The molecule has 1 saturated heterocycles. The zero-order valence-electron chi connectivity index (χ0n) is 12.5. The predicted octanol–water partition coefficient (Wildman–Crippen LogP) is 1.46. The summed E-state index contributed by atoms with van der Waals surface area (Å²) >= 11 is 0. The quantitative estimate of drug-likeness (QED) is 0.825. The summed E-state index contributed by atoms with van der Waals surface area (Å²) in [6.07, 6.45) is 1.76. The lowest BCUT2D eigenvalue weighted by Gasteiger charge is -2.37. The number of nitrogens with zero attached hydrogens (tertiary/aromatic N) is 3. The summed E-state index contributed by atoms with van der Waals surface area (Å²) in [7, 11) is 0. The fourth-order valence-electron chi connectivity index (χ4n) is 3.40. The van der Waals surface area contributed by atoms with Crippen LogP contribution < -0.4 is 0 Å². The summed E-state index contributed by atoms with van der Waals surface area (Å²) < 4.78 is 0. The smallest absolute Gasteiger partial charge is 0.226 e. The van der Waals surface area contributed by atoms with Crippen LogP contribution in [0.3, 0.4) is 0 Å². The van der Waals surface area contributed by atoms with Crippen molar-refractivity contribution in [2.75, 3.05) is 26.2 Å². The number of hydrogen-bond acceptors (Lipinski definition) is 3. The van der Waals surface area contributed by atoms with Crippen LogP contribution in [-0.4, -0.2) is 47.9 Å². The van der Waals surface area contributed by atoms with Gasteiger partial charge in [0.05, 0.1) is 12.1 Å². The Morgan fingerprint density at radius 3 is 2.29 bits per heavy atom. The number of piperazine rings is 1. The van der Waals surface area contributed by atoms with Gasteiger partial charge in [0.1, 0.15) is 0 Å². The van der Waals surface area contributed by atoms with Crippen LogP contribution in [0, 0.1) is 17.2 Å². The second-order valence-electron chi connectivity index (χ2n) is 6.04. The van der Waals surface area contributed by atoms with Crippen LogP contribution in [0.25, 0.3) is 0 Å². The fraction of sp³-hybridized carbons (Fsp3) is 0.529. The molecule has 4 nitrogen and oxygen atoms in total. The molecule has 4 heteroatoms. The SMILES string of the molecule is CC(C#N)N1CCN(C(=O)C2Cc3ccccc3C2)CC1. The maximum atomic E-state index is 12.7. The molecular formula is C17H21N3O. The zero-order valence-corrected chi connectivity index (χ0v) is 12.5. The van der Waals surface area contributed by atoms with Crippen LogP contribution in [0.2, 0.25) is 0 Å². The van der Waals surface area contributed by atoms with E-state index in [1.54, 1.807) is 0 Å². The highest BCUT2D eigenvalue weighted by Gasteiger charge is 2.32. The Hall–Kier alpha value is -1.86.